The van der Waals surface area contributed by atoms with Crippen molar-refractivity contribution < 1.29 is 42.4 Å². The van der Waals surface area contributed by atoms with Gasteiger partial charge >= 0.3 is 12.3 Å². The second-order valence-electron chi connectivity index (χ2n) is 8.61. The van der Waals surface area contributed by atoms with Crippen molar-refractivity contribution in [3.8, 4) is 11.5 Å². The van der Waals surface area contributed by atoms with Gasteiger partial charge in [0.1, 0.15) is 5.75 Å². The molecule has 11 heteroatoms. The summed E-state index contributed by atoms with van der Waals surface area (Å²) in [4.78, 5) is 33.6. The van der Waals surface area contributed by atoms with E-state index in [1.807, 2.05) is 19.9 Å². The van der Waals surface area contributed by atoms with Crippen molar-refractivity contribution >= 4 is 33.7 Å². The van der Waals surface area contributed by atoms with Crippen molar-refractivity contribution in [2.45, 2.75) is 32.7 Å². The van der Waals surface area contributed by atoms with Crippen LogP contribution in [0.2, 0.25) is 0 Å². The van der Waals surface area contributed by atoms with Gasteiger partial charge in [0, 0.05) is 16.5 Å². The third-order valence-electron chi connectivity index (χ3n) is 5.77. The van der Waals surface area contributed by atoms with Gasteiger partial charge in [0.05, 0.1) is 23.0 Å². The molecule has 0 spiro atoms. The molecule has 0 saturated heterocycles. The summed E-state index contributed by atoms with van der Waals surface area (Å²) in [6.45, 7) is 3.07. The van der Waals surface area contributed by atoms with Crippen molar-refractivity contribution in [1.82, 2.24) is 4.57 Å². The quantitative estimate of drug-likeness (QED) is 0.229. The minimum absolute atomic E-state index is 0.00542. The first kappa shape index (κ1) is 25.8. The number of primary amides is 1. The first-order valence-corrected chi connectivity index (χ1v) is 11.2. The lowest BCUT2D eigenvalue weighted by molar-refractivity contribution is -0.274. The summed E-state index contributed by atoms with van der Waals surface area (Å²) in [7, 11) is 0. The lowest BCUT2D eigenvalue weighted by Crippen LogP contribution is -2.18. The third kappa shape index (κ3) is 5.46. The number of fused-ring (bicyclic) bond motifs is 3. The van der Waals surface area contributed by atoms with E-state index in [1.165, 1.54) is 24.3 Å². The molecular formula is C26H23F3N2O6. The van der Waals surface area contributed by atoms with Crippen LogP contribution in [0.5, 0.6) is 11.5 Å². The molecule has 3 N–H and O–H groups in total. The Morgan fingerprint density at radius 2 is 1.73 bits per heavy atom. The smallest absolute Gasteiger partial charge is 0.479 e. The summed E-state index contributed by atoms with van der Waals surface area (Å²) in [6.07, 6.45) is -4.89. The van der Waals surface area contributed by atoms with Gasteiger partial charge in [0.15, 0.2) is 12.4 Å². The lowest BCUT2D eigenvalue weighted by Gasteiger charge is -2.16. The number of halogens is 3. The molecule has 0 unspecified atom stereocenters. The molecule has 1 aromatic heterocycles. The summed E-state index contributed by atoms with van der Waals surface area (Å²) in [5.41, 5.74) is 7.84. The monoisotopic (exact) mass is 516 g/mol. The van der Waals surface area contributed by atoms with Crippen LogP contribution in [0.4, 0.5) is 13.2 Å². The van der Waals surface area contributed by atoms with E-state index in [9.17, 15) is 22.8 Å². The normalized spacial score (nSPS) is 11.8. The number of hydrogen-bond donors (Lipinski definition) is 2. The number of carboxylic acid groups (broad SMARTS) is 1. The highest BCUT2D eigenvalue weighted by Gasteiger charge is 2.32. The van der Waals surface area contributed by atoms with Gasteiger partial charge in [-0.1, -0.05) is 38.1 Å². The minimum Gasteiger partial charge on any atom is -0.479 e. The molecule has 0 radical (unpaired) electrons. The number of carbonyl (C=O) groups excluding carboxylic acids is 1. The summed E-state index contributed by atoms with van der Waals surface area (Å²) >= 11 is 0. The Balaban J connectivity index is 2.01. The summed E-state index contributed by atoms with van der Waals surface area (Å²) in [5.74, 6) is -2.21. The Hall–Kier alpha value is -4.25. The van der Waals surface area contributed by atoms with Crippen molar-refractivity contribution in [3.05, 3.63) is 71.3 Å². The number of aliphatic carboxylic acids is 1. The van der Waals surface area contributed by atoms with E-state index in [1.54, 1.807) is 28.8 Å². The maximum Gasteiger partial charge on any atom is 0.573 e. The standard InChI is InChI=1S/C26H23F3N2O6/c1-14(2)16-10-19-24(21(11-16)37-35-13-22(32)33)23-17(25(30)34)7-5-8-18(23)31(19)12-15-6-3-4-9-20(15)36-26(27,28)29/h3-11,14H,12-13H2,1-2H3,(H2,30,34)(H,32,33). The third-order valence-corrected chi connectivity index (χ3v) is 5.77. The molecule has 4 aromatic rings. The van der Waals surface area contributed by atoms with Gasteiger partial charge in [-0.3, -0.25) is 4.79 Å². The first-order chi connectivity index (χ1) is 17.5. The zero-order chi connectivity index (χ0) is 26.9. The van der Waals surface area contributed by atoms with Gasteiger partial charge in [0.2, 0.25) is 5.91 Å². The van der Waals surface area contributed by atoms with E-state index < -0.39 is 24.8 Å². The highest BCUT2D eigenvalue weighted by atomic mass is 19.4. The van der Waals surface area contributed by atoms with Crippen LogP contribution in [0.3, 0.4) is 0 Å². The van der Waals surface area contributed by atoms with Crippen LogP contribution < -0.4 is 15.4 Å². The zero-order valence-corrected chi connectivity index (χ0v) is 19.8. The predicted octanol–water partition coefficient (Wildman–Crippen LogP) is 5.36. The second-order valence-corrected chi connectivity index (χ2v) is 8.61. The number of benzene rings is 3. The average molecular weight is 516 g/mol. The molecular weight excluding hydrogens is 493 g/mol. The molecule has 37 heavy (non-hydrogen) atoms. The van der Waals surface area contributed by atoms with Crippen molar-refractivity contribution in [3.63, 3.8) is 0 Å². The number of rotatable bonds is 9. The van der Waals surface area contributed by atoms with Crippen molar-refractivity contribution in [2.24, 2.45) is 5.73 Å². The first-order valence-electron chi connectivity index (χ1n) is 11.2. The number of carbonyl (C=O) groups is 2. The van der Waals surface area contributed by atoms with E-state index in [0.29, 0.717) is 21.8 Å². The van der Waals surface area contributed by atoms with Crippen LogP contribution in [0, 0.1) is 0 Å². The molecule has 0 aliphatic rings. The number of aromatic nitrogens is 1. The van der Waals surface area contributed by atoms with Crippen molar-refractivity contribution in [2.75, 3.05) is 6.61 Å². The lowest BCUT2D eigenvalue weighted by atomic mass is 9.99. The average Bonchev–Trinajstić information content (AvgIpc) is 3.12. The number of carboxylic acids is 1. The Morgan fingerprint density at radius 1 is 1.00 bits per heavy atom. The van der Waals surface area contributed by atoms with Crippen molar-refractivity contribution in [1.29, 1.82) is 0 Å². The molecule has 3 aromatic carbocycles. The highest BCUT2D eigenvalue weighted by Crippen LogP contribution is 2.41. The second kappa shape index (κ2) is 10.0. The predicted molar refractivity (Wildman–Crippen MR) is 128 cm³/mol. The molecule has 194 valence electrons. The van der Waals surface area contributed by atoms with Crippen LogP contribution in [-0.4, -0.2) is 34.5 Å². The number of ether oxygens (including phenoxy) is 1. The number of nitrogens with two attached hydrogens (primary N) is 1. The van der Waals surface area contributed by atoms with Crippen LogP contribution in [0.1, 0.15) is 41.3 Å². The van der Waals surface area contributed by atoms with Gasteiger partial charge in [0.25, 0.3) is 0 Å². The maximum absolute atomic E-state index is 13.1. The van der Waals surface area contributed by atoms with E-state index in [2.05, 4.69) is 4.74 Å². The number of nitrogens with zero attached hydrogens (tertiary/aromatic N) is 1. The highest BCUT2D eigenvalue weighted by molar-refractivity contribution is 6.19. The molecule has 0 atom stereocenters. The van der Waals surface area contributed by atoms with E-state index in [-0.39, 0.29) is 35.1 Å². The number of para-hydroxylation sites is 1. The number of hydrogen-bond acceptors (Lipinski definition) is 5. The topological polar surface area (TPSA) is 113 Å². The molecule has 0 saturated carbocycles. The van der Waals surface area contributed by atoms with Gasteiger partial charge in [-0.05, 0) is 41.8 Å². The molecule has 0 aliphatic carbocycles. The largest absolute Gasteiger partial charge is 0.573 e. The SMILES string of the molecule is CC(C)c1cc(OOCC(=O)O)c2c3c(C(N)=O)cccc3n(Cc3ccccc3OC(F)(F)F)c2c1. The van der Waals surface area contributed by atoms with Gasteiger partial charge < -0.3 is 25.0 Å². The van der Waals surface area contributed by atoms with E-state index in [0.717, 1.165) is 5.56 Å². The number of amides is 1. The molecule has 4 rings (SSSR count). The molecule has 0 aliphatic heterocycles. The molecule has 1 amide bonds. The Kier molecular flexibility index (Phi) is 6.99. The van der Waals surface area contributed by atoms with Crippen LogP contribution in [0.25, 0.3) is 21.8 Å². The zero-order valence-electron chi connectivity index (χ0n) is 19.8. The Morgan fingerprint density at radius 3 is 2.38 bits per heavy atom. The fraction of sp³-hybridized carbons (Fsp3) is 0.231. The fourth-order valence-corrected chi connectivity index (χ4v) is 4.19. The maximum atomic E-state index is 13.1. The molecule has 0 bridgehead atoms. The van der Waals surface area contributed by atoms with Gasteiger partial charge in [-0.2, -0.15) is 4.89 Å². The molecule has 1 heterocycles. The number of alkyl halides is 3. The van der Waals surface area contributed by atoms with E-state index in [4.69, 9.17) is 20.6 Å². The van der Waals surface area contributed by atoms with Crippen LogP contribution >= 0.6 is 0 Å². The van der Waals surface area contributed by atoms with E-state index >= 15 is 0 Å². The summed E-state index contributed by atoms with van der Waals surface area (Å²) in [6, 6.07) is 14.1. The minimum atomic E-state index is -4.89. The van der Waals surface area contributed by atoms with Gasteiger partial charge in [-0.25, -0.2) is 4.79 Å². The molecule has 8 nitrogen and oxygen atoms in total. The van der Waals surface area contributed by atoms with Crippen LogP contribution in [-0.2, 0) is 16.2 Å². The van der Waals surface area contributed by atoms with Crippen LogP contribution in [0.15, 0.2) is 54.6 Å². The Bertz CT molecular complexity index is 1490. The molecule has 0 fully saturated rings. The Labute approximate surface area is 208 Å². The fourth-order valence-electron chi connectivity index (χ4n) is 4.19. The van der Waals surface area contributed by atoms with Gasteiger partial charge in [-0.15, -0.1) is 13.2 Å². The summed E-state index contributed by atoms with van der Waals surface area (Å²) in [5, 5.41) is 9.74. The summed E-state index contributed by atoms with van der Waals surface area (Å²) < 4.78 is 45.2.